The minimum atomic E-state index is 0.850. The molecular weight excluding hydrogens is 134 g/mol. The van der Waals surface area contributed by atoms with Crippen LogP contribution in [0.2, 0.25) is 0 Å². The normalized spacial score (nSPS) is 11.6. The molecule has 0 aromatic heterocycles. The summed E-state index contributed by atoms with van der Waals surface area (Å²) in [6.07, 6.45) is 2.06. The van der Waals surface area contributed by atoms with Crippen molar-refractivity contribution in [2.45, 2.75) is 13.8 Å². The molecule has 0 unspecified atom stereocenters. The number of hydrogen-bond donors (Lipinski definition) is 1. The lowest BCUT2D eigenvalue weighted by molar-refractivity contribution is 1.54. The number of rotatable bonds is 1. The third-order valence-electron chi connectivity index (χ3n) is 1.82. The highest BCUT2D eigenvalue weighted by atomic mass is 14.6. The molecule has 0 aliphatic rings. The van der Waals surface area contributed by atoms with Crippen molar-refractivity contribution in [2.75, 3.05) is 5.73 Å². The van der Waals surface area contributed by atoms with Crippen LogP contribution in [-0.4, -0.2) is 0 Å². The molecule has 0 spiro atoms. The molecule has 11 heavy (non-hydrogen) atoms. The molecule has 0 aliphatic carbocycles. The molecule has 0 heterocycles. The third-order valence-corrected chi connectivity index (χ3v) is 1.82. The highest BCUT2D eigenvalue weighted by molar-refractivity contribution is 5.73. The molecule has 1 nitrogen and oxygen atoms in total. The summed E-state index contributed by atoms with van der Waals surface area (Å²) in [6, 6.07) is 7.90. The Balaban J connectivity index is 3.14. The van der Waals surface area contributed by atoms with Gasteiger partial charge in [-0.2, -0.15) is 0 Å². The summed E-state index contributed by atoms with van der Waals surface area (Å²) < 4.78 is 0. The second kappa shape index (κ2) is 3.24. The Kier molecular flexibility index (Phi) is 2.32. The van der Waals surface area contributed by atoms with Crippen molar-refractivity contribution in [3.05, 3.63) is 35.9 Å². The third kappa shape index (κ3) is 1.61. The summed E-state index contributed by atoms with van der Waals surface area (Å²) in [5.41, 5.74) is 8.97. The second-order valence-corrected chi connectivity index (χ2v) is 2.56. The lowest BCUT2D eigenvalue weighted by Crippen LogP contribution is -1.90. The van der Waals surface area contributed by atoms with Crippen LogP contribution in [0.3, 0.4) is 0 Å². The van der Waals surface area contributed by atoms with Gasteiger partial charge in [-0.15, -0.1) is 0 Å². The lowest BCUT2D eigenvalue weighted by Gasteiger charge is -2.03. The molecule has 58 valence electrons. The first-order valence-corrected chi connectivity index (χ1v) is 3.73. The molecular formula is C10H13N. The van der Waals surface area contributed by atoms with E-state index in [9.17, 15) is 0 Å². The Labute approximate surface area is 67.5 Å². The number of allylic oxidation sites excluding steroid dienone is 2. The first kappa shape index (κ1) is 7.86. The van der Waals surface area contributed by atoms with Crippen molar-refractivity contribution in [3.8, 4) is 0 Å². The Morgan fingerprint density at radius 1 is 1.36 bits per heavy atom. The van der Waals surface area contributed by atoms with Crippen molar-refractivity contribution < 1.29 is 0 Å². The predicted molar refractivity (Wildman–Crippen MR) is 50.2 cm³/mol. The summed E-state index contributed by atoms with van der Waals surface area (Å²) in [5.74, 6) is 0. The van der Waals surface area contributed by atoms with E-state index in [0.717, 1.165) is 11.3 Å². The Morgan fingerprint density at radius 2 is 2.00 bits per heavy atom. The fourth-order valence-corrected chi connectivity index (χ4v) is 1.01. The van der Waals surface area contributed by atoms with E-state index in [0.29, 0.717) is 0 Å². The molecule has 0 aliphatic heterocycles. The van der Waals surface area contributed by atoms with Crippen LogP contribution in [0.15, 0.2) is 30.3 Å². The van der Waals surface area contributed by atoms with Gasteiger partial charge in [0, 0.05) is 5.69 Å². The molecule has 0 amide bonds. The zero-order valence-electron chi connectivity index (χ0n) is 6.96. The number of nitrogen functional groups attached to an aromatic ring is 1. The van der Waals surface area contributed by atoms with E-state index < -0.39 is 0 Å². The highest BCUT2D eigenvalue weighted by Crippen LogP contribution is 2.19. The second-order valence-electron chi connectivity index (χ2n) is 2.56. The van der Waals surface area contributed by atoms with Crippen LogP contribution in [0.5, 0.6) is 0 Å². The number of anilines is 1. The largest absolute Gasteiger partial charge is 0.398 e. The van der Waals surface area contributed by atoms with Gasteiger partial charge >= 0.3 is 0 Å². The monoisotopic (exact) mass is 147 g/mol. The van der Waals surface area contributed by atoms with Gasteiger partial charge in [0.1, 0.15) is 0 Å². The zero-order chi connectivity index (χ0) is 8.27. The van der Waals surface area contributed by atoms with E-state index in [1.54, 1.807) is 0 Å². The van der Waals surface area contributed by atoms with Gasteiger partial charge in [-0.05, 0) is 31.1 Å². The van der Waals surface area contributed by atoms with Crippen molar-refractivity contribution in [1.29, 1.82) is 0 Å². The maximum Gasteiger partial charge on any atom is 0.0390 e. The number of nitrogens with two attached hydrogens (primary N) is 1. The smallest absolute Gasteiger partial charge is 0.0390 e. The first-order chi connectivity index (χ1) is 5.25. The van der Waals surface area contributed by atoms with E-state index in [4.69, 9.17) is 5.73 Å². The summed E-state index contributed by atoms with van der Waals surface area (Å²) >= 11 is 0. The molecule has 0 bridgehead atoms. The summed E-state index contributed by atoms with van der Waals surface area (Å²) in [4.78, 5) is 0. The quantitative estimate of drug-likeness (QED) is 0.607. The van der Waals surface area contributed by atoms with Crippen LogP contribution in [-0.2, 0) is 0 Å². The summed E-state index contributed by atoms with van der Waals surface area (Å²) in [7, 11) is 0. The molecule has 1 aromatic carbocycles. The van der Waals surface area contributed by atoms with Crippen LogP contribution in [0.25, 0.3) is 5.57 Å². The van der Waals surface area contributed by atoms with Gasteiger partial charge in [-0.3, -0.25) is 0 Å². The van der Waals surface area contributed by atoms with Crippen molar-refractivity contribution in [2.24, 2.45) is 0 Å². The fraction of sp³-hybridized carbons (Fsp3) is 0.200. The van der Waals surface area contributed by atoms with Gasteiger partial charge in [0.05, 0.1) is 0 Å². The number of hydrogen-bond acceptors (Lipinski definition) is 1. The minimum absolute atomic E-state index is 0.850. The molecule has 0 saturated carbocycles. The van der Waals surface area contributed by atoms with Crippen LogP contribution >= 0.6 is 0 Å². The molecule has 0 saturated heterocycles. The molecule has 0 fully saturated rings. The van der Waals surface area contributed by atoms with Gasteiger partial charge in [0.25, 0.3) is 0 Å². The SMILES string of the molecule is C/C=C(/C)c1ccccc1N. The molecule has 1 heteroatoms. The lowest BCUT2D eigenvalue weighted by atomic mass is 10.1. The van der Waals surface area contributed by atoms with Crippen LogP contribution in [0.1, 0.15) is 19.4 Å². The molecule has 1 aromatic rings. The fourth-order valence-electron chi connectivity index (χ4n) is 1.01. The Bertz CT molecular complexity index is 274. The average Bonchev–Trinajstić information content (AvgIpc) is 2.04. The average molecular weight is 147 g/mol. The van der Waals surface area contributed by atoms with Crippen LogP contribution < -0.4 is 5.73 Å². The van der Waals surface area contributed by atoms with Gasteiger partial charge in [-0.25, -0.2) is 0 Å². The Morgan fingerprint density at radius 3 is 2.55 bits per heavy atom. The maximum atomic E-state index is 5.76. The predicted octanol–water partition coefficient (Wildman–Crippen LogP) is 2.69. The van der Waals surface area contributed by atoms with Crippen molar-refractivity contribution in [3.63, 3.8) is 0 Å². The van der Waals surface area contributed by atoms with Gasteiger partial charge in [-0.1, -0.05) is 24.3 Å². The minimum Gasteiger partial charge on any atom is -0.398 e. The topological polar surface area (TPSA) is 26.0 Å². The van der Waals surface area contributed by atoms with E-state index in [1.807, 2.05) is 31.2 Å². The summed E-state index contributed by atoms with van der Waals surface area (Å²) in [6.45, 7) is 4.08. The van der Waals surface area contributed by atoms with Crippen LogP contribution in [0.4, 0.5) is 5.69 Å². The molecule has 0 radical (unpaired) electrons. The van der Waals surface area contributed by atoms with Gasteiger partial charge < -0.3 is 5.73 Å². The Hall–Kier alpha value is -1.24. The molecule has 2 N–H and O–H groups in total. The maximum absolute atomic E-state index is 5.76. The number of para-hydroxylation sites is 1. The van der Waals surface area contributed by atoms with E-state index in [1.165, 1.54) is 5.57 Å². The van der Waals surface area contributed by atoms with Gasteiger partial charge in [0.2, 0.25) is 0 Å². The number of benzene rings is 1. The molecule has 1 rings (SSSR count). The molecule has 0 atom stereocenters. The summed E-state index contributed by atoms with van der Waals surface area (Å²) in [5, 5.41) is 0. The van der Waals surface area contributed by atoms with Crippen molar-refractivity contribution in [1.82, 2.24) is 0 Å². The van der Waals surface area contributed by atoms with E-state index in [2.05, 4.69) is 13.0 Å². The highest BCUT2D eigenvalue weighted by Gasteiger charge is 1.96. The van der Waals surface area contributed by atoms with E-state index >= 15 is 0 Å². The van der Waals surface area contributed by atoms with E-state index in [-0.39, 0.29) is 0 Å². The first-order valence-electron chi connectivity index (χ1n) is 3.73. The zero-order valence-corrected chi connectivity index (χ0v) is 6.96. The van der Waals surface area contributed by atoms with Crippen molar-refractivity contribution >= 4 is 11.3 Å². The van der Waals surface area contributed by atoms with Gasteiger partial charge in [0.15, 0.2) is 0 Å². The standard InChI is InChI=1S/C10H13N/c1-3-8(2)9-6-4-5-7-10(9)11/h3-7H,11H2,1-2H3/b8-3-. The van der Waals surface area contributed by atoms with Crippen LogP contribution in [0, 0.1) is 0 Å².